The van der Waals surface area contributed by atoms with E-state index in [0.717, 1.165) is 6.42 Å². The summed E-state index contributed by atoms with van der Waals surface area (Å²) < 4.78 is 0. The Labute approximate surface area is 133 Å². The first kappa shape index (κ1) is 23.6. The van der Waals surface area contributed by atoms with Crippen LogP contribution >= 0.6 is 12.4 Å². The SMILES string of the molecule is CC(C)[N-]C(C)C.C[Si](C)(C)C1=[C-]CC=C1.Cl.[V+2]. The molecule has 1 aliphatic carbocycles. The molecule has 0 spiro atoms. The molecule has 0 aromatic carbocycles. The van der Waals surface area contributed by atoms with E-state index in [1.807, 2.05) is 0 Å². The Morgan fingerprint density at radius 2 is 1.56 bits per heavy atom. The third-order valence-corrected chi connectivity index (χ3v) is 4.06. The van der Waals surface area contributed by atoms with Crippen molar-refractivity contribution < 1.29 is 18.6 Å². The van der Waals surface area contributed by atoms with Crippen LogP contribution in [0.4, 0.5) is 0 Å². The zero-order valence-electron chi connectivity index (χ0n) is 12.8. The second kappa shape index (κ2) is 11.4. The van der Waals surface area contributed by atoms with Gasteiger partial charge in [-0.2, -0.15) is 6.08 Å². The minimum Gasteiger partial charge on any atom is -0.658 e. The monoisotopic (exact) mass is 324 g/mol. The minimum atomic E-state index is -1.01. The first-order valence-electron chi connectivity index (χ1n) is 6.21. The van der Waals surface area contributed by atoms with E-state index in [4.69, 9.17) is 0 Å². The minimum absolute atomic E-state index is 0. The molecule has 1 nitrogen and oxygen atoms in total. The van der Waals surface area contributed by atoms with Gasteiger partial charge in [0.2, 0.25) is 0 Å². The maximum atomic E-state index is 4.28. The molecule has 0 N–H and O–H groups in total. The molecule has 4 heteroatoms. The summed E-state index contributed by atoms with van der Waals surface area (Å²) in [5.41, 5.74) is 0. The van der Waals surface area contributed by atoms with E-state index in [2.05, 4.69) is 70.9 Å². The zero-order valence-corrected chi connectivity index (χ0v) is 16.0. The van der Waals surface area contributed by atoms with Crippen molar-refractivity contribution in [1.82, 2.24) is 0 Å². The third kappa shape index (κ3) is 13.0. The van der Waals surface area contributed by atoms with Crippen molar-refractivity contribution in [3.8, 4) is 0 Å². The number of hydrogen-bond acceptors (Lipinski definition) is 0. The molecule has 0 saturated heterocycles. The summed E-state index contributed by atoms with van der Waals surface area (Å²) in [5.74, 6) is 0. The Kier molecular flexibility index (Phi) is 14.9. The molecule has 105 valence electrons. The van der Waals surface area contributed by atoms with E-state index < -0.39 is 8.07 Å². The van der Waals surface area contributed by atoms with Gasteiger partial charge in [-0.3, -0.25) is 6.08 Å². The predicted octanol–water partition coefficient (Wildman–Crippen LogP) is 5.15. The predicted molar refractivity (Wildman–Crippen MR) is 84.7 cm³/mol. The van der Waals surface area contributed by atoms with Crippen molar-refractivity contribution in [2.75, 3.05) is 0 Å². The van der Waals surface area contributed by atoms with Gasteiger partial charge < -0.3 is 5.32 Å². The Morgan fingerprint density at radius 3 is 1.67 bits per heavy atom. The summed E-state index contributed by atoms with van der Waals surface area (Å²) >= 11 is 0. The van der Waals surface area contributed by atoms with Crippen molar-refractivity contribution in [3.05, 3.63) is 28.7 Å². The first-order valence-corrected chi connectivity index (χ1v) is 9.71. The fourth-order valence-corrected chi connectivity index (χ4v) is 2.77. The molecule has 0 amide bonds. The van der Waals surface area contributed by atoms with Crippen LogP contribution in [-0.2, 0) is 18.6 Å². The van der Waals surface area contributed by atoms with Gasteiger partial charge in [-0.15, -0.1) is 30.9 Å². The molecule has 0 aliphatic heterocycles. The molecule has 0 unspecified atom stereocenters. The summed E-state index contributed by atoms with van der Waals surface area (Å²) in [5, 5.41) is 5.77. The standard InChI is InChI=1S/C8H13Si.C6H14N.ClH.V/c1-9(2,3)8-6-4-5-7-8;1-5(2)7-6(3)4;;/h4,6H,5H2,1-3H3;5-6H,1-4H3;1H;/q2*-1;;+2. The number of hydrogen-bond donors (Lipinski definition) is 0. The van der Waals surface area contributed by atoms with Gasteiger partial charge in [-0.05, 0) is 0 Å². The van der Waals surface area contributed by atoms with Crippen molar-refractivity contribution in [3.63, 3.8) is 0 Å². The van der Waals surface area contributed by atoms with E-state index in [0.29, 0.717) is 12.1 Å². The molecule has 0 fully saturated rings. The van der Waals surface area contributed by atoms with Crippen LogP contribution in [0.15, 0.2) is 17.3 Å². The van der Waals surface area contributed by atoms with Gasteiger partial charge in [0.05, 0.1) is 0 Å². The smallest absolute Gasteiger partial charge is 0.658 e. The van der Waals surface area contributed by atoms with Gasteiger partial charge in [0.1, 0.15) is 0 Å². The number of halogens is 1. The molecule has 1 rings (SSSR count). The Balaban J connectivity index is -0.000000232. The van der Waals surface area contributed by atoms with Crippen molar-refractivity contribution in [1.29, 1.82) is 0 Å². The largest absolute Gasteiger partial charge is 2.00 e. The van der Waals surface area contributed by atoms with E-state index in [1.165, 1.54) is 5.20 Å². The fraction of sp³-hybridized carbons (Fsp3) is 0.714. The van der Waals surface area contributed by atoms with Crippen LogP contribution in [0.1, 0.15) is 34.1 Å². The van der Waals surface area contributed by atoms with Crippen LogP contribution in [0.3, 0.4) is 0 Å². The maximum Gasteiger partial charge on any atom is 2.00 e. The average molecular weight is 325 g/mol. The molecule has 0 heterocycles. The number of allylic oxidation sites excluding steroid dienone is 4. The van der Waals surface area contributed by atoms with Crippen LogP contribution < -0.4 is 0 Å². The summed E-state index contributed by atoms with van der Waals surface area (Å²) in [7, 11) is -1.01. The molecule has 0 saturated carbocycles. The average Bonchev–Trinajstić information content (AvgIpc) is 2.51. The summed E-state index contributed by atoms with van der Waals surface area (Å²) in [4.78, 5) is 0. The van der Waals surface area contributed by atoms with Crippen molar-refractivity contribution >= 4 is 20.5 Å². The molecule has 0 bridgehead atoms. The Hall–Kier alpha value is 0.531. The molecule has 1 radical (unpaired) electrons. The van der Waals surface area contributed by atoms with Crippen molar-refractivity contribution in [2.45, 2.75) is 65.8 Å². The first-order chi connectivity index (χ1) is 7.23. The van der Waals surface area contributed by atoms with Crippen LogP contribution in [-0.4, -0.2) is 20.2 Å². The molecule has 1 aliphatic rings. The Bertz CT molecular complexity index is 249. The van der Waals surface area contributed by atoms with Crippen LogP contribution in [0.5, 0.6) is 0 Å². The summed E-state index contributed by atoms with van der Waals surface area (Å²) in [6.45, 7) is 15.4. The fourth-order valence-electron chi connectivity index (χ4n) is 1.52. The number of nitrogens with zero attached hydrogens (tertiary/aromatic N) is 1. The molecule has 18 heavy (non-hydrogen) atoms. The zero-order chi connectivity index (χ0) is 12.8. The molecule has 0 aromatic heterocycles. The van der Waals surface area contributed by atoms with E-state index in [1.54, 1.807) is 0 Å². The van der Waals surface area contributed by atoms with E-state index >= 15 is 0 Å². The van der Waals surface area contributed by atoms with Gasteiger partial charge in [-0.1, -0.05) is 47.3 Å². The molecule has 0 atom stereocenters. The van der Waals surface area contributed by atoms with Gasteiger partial charge in [0.25, 0.3) is 0 Å². The quantitative estimate of drug-likeness (QED) is 0.503. The van der Waals surface area contributed by atoms with Gasteiger partial charge in [0.15, 0.2) is 0 Å². The Morgan fingerprint density at radius 1 is 1.11 bits per heavy atom. The maximum absolute atomic E-state index is 4.28. The molecular formula is C14H28ClNSiV. The van der Waals surface area contributed by atoms with Gasteiger partial charge in [0, 0.05) is 8.07 Å². The van der Waals surface area contributed by atoms with E-state index in [-0.39, 0.29) is 31.0 Å². The topological polar surface area (TPSA) is 14.1 Å². The normalized spacial score (nSPS) is 13.5. The van der Waals surface area contributed by atoms with Gasteiger partial charge in [-0.25, -0.2) is 11.3 Å². The van der Waals surface area contributed by atoms with Crippen LogP contribution in [0, 0.1) is 6.08 Å². The second-order valence-corrected chi connectivity index (χ2v) is 10.8. The second-order valence-electron chi connectivity index (χ2n) is 5.78. The number of rotatable bonds is 3. The molecule has 0 aromatic rings. The van der Waals surface area contributed by atoms with Gasteiger partial charge >= 0.3 is 18.6 Å². The van der Waals surface area contributed by atoms with Crippen molar-refractivity contribution in [2.24, 2.45) is 0 Å². The third-order valence-electron chi connectivity index (χ3n) is 2.10. The van der Waals surface area contributed by atoms with E-state index in [9.17, 15) is 0 Å². The van der Waals surface area contributed by atoms with Crippen LogP contribution in [0.25, 0.3) is 5.32 Å². The molecular weight excluding hydrogens is 297 g/mol. The van der Waals surface area contributed by atoms with Crippen LogP contribution in [0.2, 0.25) is 19.6 Å². The summed E-state index contributed by atoms with van der Waals surface area (Å²) in [6.07, 6.45) is 8.82. The summed E-state index contributed by atoms with van der Waals surface area (Å²) in [6, 6.07) is 1.000.